The van der Waals surface area contributed by atoms with Crippen LogP contribution in [0.15, 0.2) is 53.9 Å². The second-order valence-electron chi connectivity index (χ2n) is 5.79. The molecule has 2 aromatic carbocycles. The van der Waals surface area contributed by atoms with E-state index in [0.29, 0.717) is 16.4 Å². The Kier molecular flexibility index (Phi) is 5.30. The van der Waals surface area contributed by atoms with Crippen LogP contribution in [0.1, 0.15) is 18.1 Å². The van der Waals surface area contributed by atoms with E-state index in [1.54, 1.807) is 19.1 Å². The summed E-state index contributed by atoms with van der Waals surface area (Å²) in [6.45, 7) is 3.67. The topological polar surface area (TPSA) is 75.0 Å². The molecule has 26 heavy (non-hydrogen) atoms. The zero-order valence-corrected chi connectivity index (χ0v) is 15.2. The van der Waals surface area contributed by atoms with E-state index in [4.69, 9.17) is 10.00 Å². The molecule has 0 radical (unpaired) electrons. The van der Waals surface area contributed by atoms with Gasteiger partial charge in [0.2, 0.25) is 0 Å². The van der Waals surface area contributed by atoms with Gasteiger partial charge in [0.25, 0.3) is 5.91 Å². The number of anilines is 1. The minimum absolute atomic E-state index is 0.257. The number of carbonyl (C=O) groups excluding carboxylic acids is 1. The Morgan fingerprint density at radius 3 is 2.73 bits per heavy atom. The van der Waals surface area contributed by atoms with E-state index in [9.17, 15) is 4.79 Å². The van der Waals surface area contributed by atoms with E-state index < -0.39 is 6.10 Å². The Balaban J connectivity index is 1.64. The van der Waals surface area contributed by atoms with E-state index in [-0.39, 0.29) is 5.91 Å². The molecule has 6 heteroatoms. The molecule has 0 saturated heterocycles. The first kappa shape index (κ1) is 17.6. The maximum Gasteiger partial charge on any atom is 0.266 e. The number of nitriles is 1. The number of nitrogens with one attached hydrogen (secondary N) is 1. The molecule has 0 fully saturated rings. The molecule has 0 aliphatic carbocycles. The minimum Gasteiger partial charge on any atom is -0.481 e. The third-order valence-corrected chi connectivity index (χ3v) is 4.47. The summed E-state index contributed by atoms with van der Waals surface area (Å²) in [4.78, 5) is 16.8. The highest BCUT2D eigenvalue weighted by Gasteiger charge is 2.16. The number of aryl methyl sites for hydroxylation is 1. The van der Waals surface area contributed by atoms with Crippen LogP contribution in [0.25, 0.3) is 11.3 Å². The molecule has 0 aliphatic rings. The third kappa shape index (κ3) is 4.26. The van der Waals surface area contributed by atoms with Crippen molar-refractivity contribution in [3.63, 3.8) is 0 Å². The Morgan fingerprint density at radius 2 is 2.04 bits per heavy atom. The number of rotatable bonds is 5. The van der Waals surface area contributed by atoms with Crippen LogP contribution in [0, 0.1) is 18.3 Å². The molecule has 0 unspecified atom stereocenters. The van der Waals surface area contributed by atoms with Crippen LogP contribution in [-0.4, -0.2) is 17.0 Å². The van der Waals surface area contributed by atoms with Crippen molar-refractivity contribution in [2.75, 3.05) is 5.32 Å². The van der Waals surface area contributed by atoms with E-state index >= 15 is 0 Å². The minimum atomic E-state index is -0.640. The molecule has 1 aromatic heterocycles. The molecular weight excluding hydrogens is 346 g/mol. The summed E-state index contributed by atoms with van der Waals surface area (Å²) in [6, 6.07) is 16.8. The first-order valence-electron chi connectivity index (χ1n) is 8.05. The van der Waals surface area contributed by atoms with Gasteiger partial charge >= 0.3 is 0 Å². The Labute approximate surface area is 155 Å². The van der Waals surface area contributed by atoms with E-state index in [1.807, 2.05) is 48.7 Å². The van der Waals surface area contributed by atoms with Gasteiger partial charge in [-0.25, -0.2) is 4.98 Å². The molecular formula is C20H17N3O2S. The molecule has 0 bridgehead atoms. The Hall–Kier alpha value is -3.17. The number of hydrogen-bond donors (Lipinski definition) is 1. The summed E-state index contributed by atoms with van der Waals surface area (Å²) in [5, 5.41) is 14.0. The summed E-state index contributed by atoms with van der Waals surface area (Å²) >= 11 is 1.35. The van der Waals surface area contributed by atoms with Crippen molar-refractivity contribution >= 4 is 22.4 Å². The van der Waals surface area contributed by atoms with Crippen molar-refractivity contribution in [3.05, 3.63) is 65.0 Å². The molecule has 5 nitrogen and oxygen atoms in total. The zero-order valence-electron chi connectivity index (χ0n) is 14.4. The zero-order chi connectivity index (χ0) is 18.5. The lowest BCUT2D eigenvalue weighted by atomic mass is 10.1. The maximum atomic E-state index is 12.3. The van der Waals surface area contributed by atoms with Gasteiger partial charge in [-0.05, 0) is 43.7 Å². The van der Waals surface area contributed by atoms with Gasteiger partial charge in [-0.2, -0.15) is 5.26 Å². The van der Waals surface area contributed by atoms with Gasteiger partial charge in [-0.15, -0.1) is 11.3 Å². The van der Waals surface area contributed by atoms with Crippen LogP contribution in [0.3, 0.4) is 0 Å². The number of benzene rings is 2. The van der Waals surface area contributed by atoms with Gasteiger partial charge < -0.3 is 4.74 Å². The van der Waals surface area contributed by atoms with Gasteiger partial charge in [0.15, 0.2) is 11.2 Å². The monoisotopic (exact) mass is 363 g/mol. The lowest BCUT2D eigenvalue weighted by Crippen LogP contribution is -2.30. The SMILES string of the molecule is Cc1cccc(O[C@H](C)C(=O)Nc2nc(-c3ccc(C#N)cc3)cs2)c1. The molecule has 1 N–H and O–H groups in total. The molecule has 1 atom stereocenters. The van der Waals surface area contributed by atoms with Crippen LogP contribution in [0.4, 0.5) is 5.13 Å². The van der Waals surface area contributed by atoms with Crippen molar-refractivity contribution < 1.29 is 9.53 Å². The van der Waals surface area contributed by atoms with Crippen LogP contribution in [0.2, 0.25) is 0 Å². The van der Waals surface area contributed by atoms with Crippen LogP contribution in [-0.2, 0) is 4.79 Å². The molecule has 3 rings (SSSR count). The fraction of sp³-hybridized carbons (Fsp3) is 0.150. The lowest BCUT2D eigenvalue weighted by Gasteiger charge is -2.14. The highest BCUT2D eigenvalue weighted by molar-refractivity contribution is 7.14. The number of thiazole rings is 1. The second-order valence-corrected chi connectivity index (χ2v) is 6.65. The first-order valence-corrected chi connectivity index (χ1v) is 8.93. The summed E-state index contributed by atoms with van der Waals surface area (Å²) in [5.41, 5.74) is 3.31. The third-order valence-electron chi connectivity index (χ3n) is 3.72. The van der Waals surface area contributed by atoms with Crippen molar-refractivity contribution in [2.45, 2.75) is 20.0 Å². The predicted octanol–water partition coefficient (Wildman–Crippen LogP) is 4.40. The predicted molar refractivity (Wildman–Crippen MR) is 102 cm³/mol. The van der Waals surface area contributed by atoms with E-state index in [0.717, 1.165) is 16.8 Å². The van der Waals surface area contributed by atoms with Crippen molar-refractivity contribution in [1.82, 2.24) is 4.98 Å². The molecule has 3 aromatic rings. The van der Waals surface area contributed by atoms with Gasteiger partial charge in [0.05, 0.1) is 17.3 Å². The second kappa shape index (κ2) is 7.81. The number of ether oxygens (including phenoxy) is 1. The maximum absolute atomic E-state index is 12.3. The van der Waals surface area contributed by atoms with Gasteiger partial charge in [0, 0.05) is 10.9 Å². The average molecular weight is 363 g/mol. The highest BCUT2D eigenvalue weighted by atomic mass is 32.1. The molecule has 0 saturated carbocycles. The standard InChI is InChI=1S/C20H17N3O2S/c1-13-4-3-5-17(10-13)25-14(2)19(24)23-20-22-18(12-26-20)16-8-6-15(11-21)7-9-16/h3-10,12,14H,1-2H3,(H,22,23,24)/t14-/m1/s1. The molecule has 1 amide bonds. The number of hydrogen-bond acceptors (Lipinski definition) is 5. The number of nitrogens with zero attached hydrogens (tertiary/aromatic N) is 2. The molecule has 0 spiro atoms. The van der Waals surface area contributed by atoms with E-state index in [1.165, 1.54) is 11.3 Å². The van der Waals surface area contributed by atoms with Gasteiger partial charge in [-0.3, -0.25) is 10.1 Å². The number of carbonyl (C=O) groups is 1. The molecule has 0 aliphatic heterocycles. The smallest absolute Gasteiger partial charge is 0.266 e. The van der Waals surface area contributed by atoms with Crippen LogP contribution < -0.4 is 10.1 Å². The van der Waals surface area contributed by atoms with Crippen molar-refractivity contribution in [2.24, 2.45) is 0 Å². The Bertz CT molecular complexity index is 958. The fourth-order valence-corrected chi connectivity index (χ4v) is 3.06. The number of amides is 1. The van der Waals surface area contributed by atoms with Crippen molar-refractivity contribution in [1.29, 1.82) is 5.26 Å². The number of aromatic nitrogens is 1. The van der Waals surface area contributed by atoms with Crippen LogP contribution >= 0.6 is 11.3 Å². The summed E-state index contributed by atoms with van der Waals surface area (Å²) in [7, 11) is 0. The van der Waals surface area contributed by atoms with Gasteiger partial charge in [-0.1, -0.05) is 24.3 Å². The van der Waals surface area contributed by atoms with Gasteiger partial charge in [0.1, 0.15) is 5.75 Å². The molecule has 130 valence electrons. The summed E-state index contributed by atoms with van der Waals surface area (Å²) < 4.78 is 5.68. The van der Waals surface area contributed by atoms with Crippen LogP contribution in [0.5, 0.6) is 5.75 Å². The molecule has 1 heterocycles. The van der Waals surface area contributed by atoms with Crippen molar-refractivity contribution in [3.8, 4) is 23.1 Å². The highest BCUT2D eigenvalue weighted by Crippen LogP contribution is 2.25. The fourth-order valence-electron chi connectivity index (χ4n) is 2.33. The lowest BCUT2D eigenvalue weighted by molar-refractivity contribution is -0.122. The quantitative estimate of drug-likeness (QED) is 0.729. The average Bonchev–Trinajstić information content (AvgIpc) is 3.10. The Morgan fingerprint density at radius 1 is 1.27 bits per heavy atom. The first-order chi connectivity index (χ1) is 12.5. The summed E-state index contributed by atoms with van der Waals surface area (Å²) in [6.07, 6.45) is -0.640. The largest absolute Gasteiger partial charge is 0.481 e. The summed E-state index contributed by atoms with van der Waals surface area (Å²) in [5.74, 6) is 0.400. The van der Waals surface area contributed by atoms with E-state index in [2.05, 4.69) is 16.4 Å². The normalized spacial score (nSPS) is 11.4.